The summed E-state index contributed by atoms with van der Waals surface area (Å²) >= 11 is 0. The number of aromatic nitrogens is 1. The van der Waals surface area contributed by atoms with Crippen LogP contribution < -0.4 is 5.73 Å². The highest BCUT2D eigenvalue weighted by Gasteiger charge is 2.27. The Bertz CT molecular complexity index is 701. The predicted octanol–water partition coefficient (Wildman–Crippen LogP) is 2.36. The number of para-hydroxylation sites is 1. The largest absolute Gasteiger partial charge is 0.368 e. The van der Waals surface area contributed by atoms with Crippen LogP contribution in [0.15, 0.2) is 30.5 Å². The van der Waals surface area contributed by atoms with Gasteiger partial charge in [0.2, 0.25) is 11.8 Å². The summed E-state index contributed by atoms with van der Waals surface area (Å²) in [6, 6.07) is 8.25. The van der Waals surface area contributed by atoms with Crippen LogP contribution >= 0.6 is 0 Å². The van der Waals surface area contributed by atoms with Gasteiger partial charge in [-0.15, -0.1) is 0 Å². The number of carbonyl (C=O) groups is 2. The van der Waals surface area contributed by atoms with Crippen molar-refractivity contribution in [3.05, 3.63) is 36.0 Å². The summed E-state index contributed by atoms with van der Waals surface area (Å²) in [5.74, 6) is -0.404. The van der Waals surface area contributed by atoms with Crippen molar-refractivity contribution in [2.24, 2.45) is 5.73 Å². The van der Waals surface area contributed by atoms with Gasteiger partial charge in [-0.25, -0.2) is 0 Å². The van der Waals surface area contributed by atoms with E-state index in [9.17, 15) is 9.59 Å². The van der Waals surface area contributed by atoms with Crippen molar-refractivity contribution in [3.8, 4) is 0 Å². The second kappa shape index (κ2) is 6.86. The van der Waals surface area contributed by atoms with E-state index in [4.69, 9.17) is 5.73 Å². The highest BCUT2D eigenvalue weighted by molar-refractivity contribution is 5.86. The van der Waals surface area contributed by atoms with Crippen LogP contribution in [-0.2, 0) is 16.0 Å². The van der Waals surface area contributed by atoms with Crippen molar-refractivity contribution >= 4 is 22.7 Å². The van der Waals surface area contributed by atoms with Gasteiger partial charge in [0.1, 0.15) is 0 Å². The molecule has 1 aliphatic rings. The second-order valence-electron chi connectivity index (χ2n) is 6.29. The number of hydrogen-bond acceptors (Lipinski definition) is 2. The number of primary amides is 1. The zero-order valence-electron chi connectivity index (χ0n) is 13.3. The maximum Gasteiger partial charge on any atom is 0.237 e. The summed E-state index contributed by atoms with van der Waals surface area (Å²) in [5, 5.41) is 1.16. The molecule has 5 nitrogen and oxygen atoms in total. The fourth-order valence-electron chi connectivity index (χ4n) is 3.53. The fourth-order valence-corrected chi connectivity index (χ4v) is 3.53. The zero-order chi connectivity index (χ0) is 16.2. The average molecular weight is 313 g/mol. The van der Waals surface area contributed by atoms with E-state index >= 15 is 0 Å². The summed E-state index contributed by atoms with van der Waals surface area (Å²) in [6.45, 7) is 0.0391. The van der Waals surface area contributed by atoms with E-state index < -0.39 is 5.91 Å². The van der Waals surface area contributed by atoms with Gasteiger partial charge in [0.25, 0.3) is 0 Å². The van der Waals surface area contributed by atoms with Gasteiger partial charge in [-0.1, -0.05) is 31.0 Å². The van der Waals surface area contributed by atoms with Gasteiger partial charge < -0.3 is 15.6 Å². The molecular weight excluding hydrogens is 290 g/mol. The number of H-pyrrole nitrogens is 1. The lowest BCUT2D eigenvalue weighted by atomic mass is 10.1. The van der Waals surface area contributed by atoms with Crippen molar-refractivity contribution in [1.29, 1.82) is 0 Å². The van der Waals surface area contributed by atoms with Crippen molar-refractivity contribution in [3.63, 3.8) is 0 Å². The van der Waals surface area contributed by atoms with Crippen molar-refractivity contribution in [2.75, 3.05) is 6.54 Å². The normalized spacial score (nSPS) is 15.1. The standard InChI is InChI=1S/C18H23N3O2/c19-17(22)12-21(14-5-1-2-6-14)18(23)10-9-13-11-20-16-8-4-3-7-15(13)16/h3-4,7-8,11,14,20H,1-2,5-6,9-10,12H2,(H2,19,22). The van der Waals surface area contributed by atoms with E-state index in [1.54, 1.807) is 4.90 Å². The molecule has 1 aromatic carbocycles. The summed E-state index contributed by atoms with van der Waals surface area (Å²) < 4.78 is 0. The number of nitrogens with two attached hydrogens (primary N) is 1. The smallest absolute Gasteiger partial charge is 0.237 e. The number of aromatic amines is 1. The molecule has 0 unspecified atom stereocenters. The third-order valence-electron chi connectivity index (χ3n) is 4.70. The summed E-state index contributed by atoms with van der Waals surface area (Å²) in [4.78, 5) is 28.8. The van der Waals surface area contributed by atoms with E-state index in [1.807, 2.05) is 24.4 Å². The lowest BCUT2D eigenvalue weighted by Crippen LogP contribution is -2.44. The van der Waals surface area contributed by atoms with Gasteiger partial charge in [0.05, 0.1) is 6.54 Å². The highest BCUT2D eigenvalue weighted by atomic mass is 16.2. The third kappa shape index (κ3) is 3.55. The van der Waals surface area contributed by atoms with Crippen molar-refractivity contribution in [2.45, 2.75) is 44.6 Å². The molecule has 0 spiro atoms. The van der Waals surface area contributed by atoms with Crippen molar-refractivity contribution in [1.82, 2.24) is 9.88 Å². The van der Waals surface area contributed by atoms with Gasteiger partial charge >= 0.3 is 0 Å². The number of nitrogens with zero attached hydrogens (tertiary/aromatic N) is 1. The first-order valence-electron chi connectivity index (χ1n) is 8.28. The number of rotatable bonds is 6. The van der Waals surface area contributed by atoms with Crippen LogP contribution in [0.2, 0.25) is 0 Å². The van der Waals surface area contributed by atoms with Crippen LogP contribution in [0.25, 0.3) is 10.9 Å². The quantitative estimate of drug-likeness (QED) is 0.858. The summed E-state index contributed by atoms with van der Waals surface area (Å²) in [6.07, 6.45) is 7.24. The van der Waals surface area contributed by atoms with Gasteiger partial charge in [0, 0.05) is 29.6 Å². The molecule has 3 rings (SSSR count). The molecule has 2 amide bonds. The van der Waals surface area contributed by atoms with Gasteiger partial charge in [-0.05, 0) is 30.9 Å². The van der Waals surface area contributed by atoms with Crippen LogP contribution in [0.1, 0.15) is 37.7 Å². The van der Waals surface area contributed by atoms with E-state index in [1.165, 1.54) is 0 Å². The molecule has 0 atom stereocenters. The van der Waals surface area contributed by atoms with Crippen LogP contribution in [0.3, 0.4) is 0 Å². The lowest BCUT2D eigenvalue weighted by molar-refractivity contribution is -0.137. The van der Waals surface area contributed by atoms with E-state index in [0.29, 0.717) is 12.8 Å². The first-order chi connectivity index (χ1) is 11.1. The Hall–Kier alpha value is -2.30. The summed E-state index contributed by atoms with van der Waals surface area (Å²) in [5.41, 5.74) is 7.55. The Morgan fingerprint density at radius 2 is 1.96 bits per heavy atom. The van der Waals surface area contributed by atoms with E-state index in [2.05, 4.69) is 11.1 Å². The van der Waals surface area contributed by atoms with Gasteiger partial charge in [0.15, 0.2) is 0 Å². The van der Waals surface area contributed by atoms with Gasteiger partial charge in [-0.2, -0.15) is 0 Å². The SMILES string of the molecule is NC(=O)CN(C(=O)CCc1c[nH]c2ccccc12)C1CCCC1. The Morgan fingerprint density at radius 1 is 1.22 bits per heavy atom. The second-order valence-corrected chi connectivity index (χ2v) is 6.29. The Balaban J connectivity index is 1.67. The maximum atomic E-state index is 12.6. The monoisotopic (exact) mass is 313 g/mol. The minimum Gasteiger partial charge on any atom is -0.368 e. The van der Waals surface area contributed by atoms with E-state index in [0.717, 1.165) is 42.1 Å². The molecule has 1 fully saturated rings. The average Bonchev–Trinajstić information content (AvgIpc) is 3.20. The molecule has 122 valence electrons. The number of benzene rings is 1. The number of fused-ring (bicyclic) bond motifs is 1. The Morgan fingerprint density at radius 3 is 2.70 bits per heavy atom. The topological polar surface area (TPSA) is 79.2 Å². The highest BCUT2D eigenvalue weighted by Crippen LogP contribution is 2.25. The molecule has 1 saturated carbocycles. The molecule has 0 saturated heterocycles. The Labute approximate surface area is 135 Å². The van der Waals surface area contributed by atoms with Crippen LogP contribution in [0.4, 0.5) is 0 Å². The number of aryl methyl sites for hydroxylation is 1. The van der Waals surface area contributed by atoms with Crippen molar-refractivity contribution < 1.29 is 9.59 Å². The molecule has 1 heterocycles. The van der Waals surface area contributed by atoms with Crippen LogP contribution in [-0.4, -0.2) is 34.3 Å². The molecule has 1 aliphatic carbocycles. The van der Waals surface area contributed by atoms with E-state index in [-0.39, 0.29) is 18.5 Å². The molecule has 23 heavy (non-hydrogen) atoms. The minimum absolute atomic E-state index is 0.0287. The number of hydrogen-bond donors (Lipinski definition) is 2. The first-order valence-corrected chi connectivity index (χ1v) is 8.28. The molecular formula is C18H23N3O2. The molecule has 2 aromatic rings. The molecule has 0 bridgehead atoms. The lowest BCUT2D eigenvalue weighted by Gasteiger charge is -2.27. The molecule has 1 aromatic heterocycles. The number of amides is 2. The predicted molar refractivity (Wildman–Crippen MR) is 89.8 cm³/mol. The minimum atomic E-state index is -0.433. The third-order valence-corrected chi connectivity index (χ3v) is 4.70. The molecule has 5 heteroatoms. The maximum absolute atomic E-state index is 12.6. The first kappa shape index (κ1) is 15.6. The van der Waals surface area contributed by atoms with Gasteiger partial charge in [-0.3, -0.25) is 9.59 Å². The summed E-state index contributed by atoms with van der Waals surface area (Å²) in [7, 11) is 0. The molecule has 0 radical (unpaired) electrons. The zero-order valence-corrected chi connectivity index (χ0v) is 13.3. The fraction of sp³-hybridized carbons (Fsp3) is 0.444. The number of carbonyl (C=O) groups excluding carboxylic acids is 2. The molecule has 3 N–H and O–H groups in total. The number of nitrogens with one attached hydrogen (secondary N) is 1. The van der Waals surface area contributed by atoms with Crippen LogP contribution in [0.5, 0.6) is 0 Å². The Kier molecular flexibility index (Phi) is 4.65. The molecule has 0 aliphatic heterocycles. The van der Waals surface area contributed by atoms with Crippen LogP contribution in [0, 0.1) is 0 Å².